The van der Waals surface area contributed by atoms with Crippen molar-refractivity contribution in [2.24, 2.45) is 7.05 Å². The maximum Gasteiger partial charge on any atom is 0.270 e. The van der Waals surface area contributed by atoms with Gasteiger partial charge in [-0.1, -0.05) is 42.2 Å². The van der Waals surface area contributed by atoms with Crippen molar-refractivity contribution in [3.05, 3.63) is 65.2 Å². The van der Waals surface area contributed by atoms with E-state index in [1.54, 1.807) is 4.90 Å². The monoisotopic (exact) mass is 394 g/mol. The van der Waals surface area contributed by atoms with Crippen LogP contribution in [0.4, 0.5) is 5.69 Å². The molecule has 6 heteroatoms. The van der Waals surface area contributed by atoms with E-state index in [1.807, 2.05) is 62.6 Å². The number of hydrogen-bond donors (Lipinski definition) is 0. The topological polar surface area (TPSA) is 34.5 Å². The van der Waals surface area contributed by atoms with Gasteiger partial charge in [-0.3, -0.25) is 9.69 Å². The van der Waals surface area contributed by atoms with E-state index in [1.165, 1.54) is 11.8 Å². The van der Waals surface area contributed by atoms with Crippen molar-refractivity contribution in [3.63, 3.8) is 0 Å². The van der Waals surface area contributed by atoms with Crippen molar-refractivity contribution in [1.29, 1.82) is 0 Å². The van der Waals surface area contributed by atoms with Crippen LogP contribution in [0.15, 0.2) is 59.6 Å². The second kappa shape index (κ2) is 7.21. The number of rotatable bonds is 4. The van der Waals surface area contributed by atoms with Crippen LogP contribution in [0.3, 0.4) is 0 Å². The Labute approximate surface area is 167 Å². The molecule has 136 valence electrons. The first-order valence-corrected chi connectivity index (χ1v) is 9.86. The number of aromatic nitrogens is 1. The summed E-state index contributed by atoms with van der Waals surface area (Å²) in [5, 5.41) is 1.12. The first-order chi connectivity index (χ1) is 13.1. The van der Waals surface area contributed by atoms with E-state index >= 15 is 0 Å². The van der Waals surface area contributed by atoms with Crippen LogP contribution < -0.4 is 9.64 Å². The number of anilines is 1. The Kier molecular flexibility index (Phi) is 4.76. The molecular weight excluding hydrogens is 376 g/mol. The standard InChI is InChI=1S/C21H18N2O2S2/c1-3-25-16-10-8-15(9-11-16)23-20(24)19(27-21(23)26)12-14-13-22(2)18-7-5-4-6-17(14)18/h4-13H,3H2,1-2H3/b19-12-. The van der Waals surface area contributed by atoms with Crippen LogP contribution >= 0.6 is 24.0 Å². The average molecular weight is 395 g/mol. The Morgan fingerprint density at radius 3 is 2.63 bits per heavy atom. The smallest absolute Gasteiger partial charge is 0.270 e. The van der Waals surface area contributed by atoms with Gasteiger partial charge >= 0.3 is 0 Å². The van der Waals surface area contributed by atoms with Gasteiger partial charge in [0.2, 0.25) is 0 Å². The van der Waals surface area contributed by atoms with E-state index in [0.717, 1.165) is 27.9 Å². The molecule has 0 unspecified atom stereocenters. The van der Waals surface area contributed by atoms with Crippen molar-refractivity contribution in [3.8, 4) is 5.75 Å². The molecular formula is C21H18N2O2S2. The number of nitrogens with zero attached hydrogens (tertiary/aromatic N) is 2. The number of carbonyl (C=O) groups excluding carboxylic acids is 1. The van der Waals surface area contributed by atoms with Crippen molar-refractivity contribution in [1.82, 2.24) is 4.57 Å². The molecule has 1 fully saturated rings. The van der Waals surface area contributed by atoms with E-state index in [2.05, 4.69) is 16.7 Å². The molecule has 0 spiro atoms. The number of para-hydroxylation sites is 1. The Hall–Kier alpha value is -2.57. The number of thioether (sulfide) groups is 1. The van der Waals surface area contributed by atoms with Crippen LogP contribution in [-0.2, 0) is 11.8 Å². The first kappa shape index (κ1) is 17.8. The predicted octanol–water partition coefficient (Wildman–Crippen LogP) is 4.98. The largest absolute Gasteiger partial charge is 0.494 e. The van der Waals surface area contributed by atoms with Gasteiger partial charge in [0.15, 0.2) is 4.32 Å². The van der Waals surface area contributed by atoms with Gasteiger partial charge in [0.05, 0.1) is 17.2 Å². The van der Waals surface area contributed by atoms with Crippen molar-refractivity contribution in [2.45, 2.75) is 6.92 Å². The number of aryl methyl sites for hydroxylation is 1. The summed E-state index contributed by atoms with van der Waals surface area (Å²) in [6.07, 6.45) is 3.96. The fraction of sp³-hybridized carbons (Fsp3) is 0.143. The molecule has 1 saturated heterocycles. The second-order valence-electron chi connectivity index (χ2n) is 6.16. The highest BCUT2D eigenvalue weighted by Gasteiger charge is 2.33. The number of thiocarbonyl (C=S) groups is 1. The number of carbonyl (C=O) groups is 1. The number of hydrogen-bond acceptors (Lipinski definition) is 4. The number of ether oxygens (including phenoxy) is 1. The predicted molar refractivity (Wildman–Crippen MR) is 116 cm³/mol. The zero-order chi connectivity index (χ0) is 19.0. The molecule has 4 rings (SSSR count). The number of benzene rings is 2. The van der Waals surface area contributed by atoms with Gasteiger partial charge in [-0.05, 0) is 43.3 Å². The Bertz CT molecular complexity index is 1070. The summed E-state index contributed by atoms with van der Waals surface area (Å²) in [5.41, 5.74) is 2.90. The van der Waals surface area contributed by atoms with Crippen molar-refractivity contribution in [2.75, 3.05) is 11.5 Å². The molecule has 2 aromatic carbocycles. The van der Waals surface area contributed by atoms with Gasteiger partial charge in [0.1, 0.15) is 5.75 Å². The molecule has 3 aromatic rings. The fourth-order valence-electron chi connectivity index (χ4n) is 3.18. The van der Waals surface area contributed by atoms with Gasteiger partial charge in [-0.25, -0.2) is 0 Å². The molecule has 0 atom stereocenters. The van der Waals surface area contributed by atoms with Crippen LogP contribution in [0.25, 0.3) is 17.0 Å². The zero-order valence-electron chi connectivity index (χ0n) is 15.0. The van der Waals surface area contributed by atoms with Gasteiger partial charge in [-0.15, -0.1) is 0 Å². The quantitative estimate of drug-likeness (QED) is 0.462. The van der Waals surface area contributed by atoms with Gasteiger partial charge in [0.25, 0.3) is 5.91 Å². The lowest BCUT2D eigenvalue weighted by Gasteiger charge is -2.15. The zero-order valence-corrected chi connectivity index (χ0v) is 16.6. The molecule has 1 aromatic heterocycles. The lowest BCUT2D eigenvalue weighted by atomic mass is 10.1. The lowest BCUT2D eigenvalue weighted by Crippen LogP contribution is -2.27. The van der Waals surface area contributed by atoms with E-state index in [4.69, 9.17) is 17.0 Å². The molecule has 0 saturated carbocycles. The second-order valence-corrected chi connectivity index (χ2v) is 7.83. The Balaban J connectivity index is 1.67. The lowest BCUT2D eigenvalue weighted by molar-refractivity contribution is -0.113. The Morgan fingerprint density at radius 2 is 1.89 bits per heavy atom. The summed E-state index contributed by atoms with van der Waals surface area (Å²) in [4.78, 5) is 15.2. The van der Waals surface area contributed by atoms with Gasteiger partial charge in [-0.2, -0.15) is 0 Å². The first-order valence-electron chi connectivity index (χ1n) is 8.63. The third kappa shape index (κ3) is 3.26. The molecule has 1 aliphatic rings. The molecule has 0 N–H and O–H groups in total. The van der Waals surface area contributed by atoms with Crippen LogP contribution in [0.5, 0.6) is 5.75 Å². The van der Waals surface area contributed by atoms with Crippen molar-refractivity contribution >= 4 is 56.9 Å². The summed E-state index contributed by atoms with van der Waals surface area (Å²) in [6.45, 7) is 2.54. The normalized spacial score (nSPS) is 15.9. The molecule has 1 aliphatic heterocycles. The van der Waals surface area contributed by atoms with Crippen LogP contribution in [0.2, 0.25) is 0 Å². The molecule has 0 radical (unpaired) electrons. The maximum absolute atomic E-state index is 13.0. The van der Waals surface area contributed by atoms with E-state index in [9.17, 15) is 4.79 Å². The van der Waals surface area contributed by atoms with Gasteiger partial charge < -0.3 is 9.30 Å². The molecule has 0 aliphatic carbocycles. The van der Waals surface area contributed by atoms with Crippen LogP contribution in [-0.4, -0.2) is 21.4 Å². The summed E-state index contributed by atoms with van der Waals surface area (Å²) in [5.74, 6) is 0.681. The minimum absolute atomic E-state index is 0.0953. The third-order valence-electron chi connectivity index (χ3n) is 4.41. The maximum atomic E-state index is 13.0. The molecule has 27 heavy (non-hydrogen) atoms. The Morgan fingerprint density at radius 1 is 1.15 bits per heavy atom. The number of amides is 1. The molecule has 1 amide bonds. The molecule has 2 heterocycles. The summed E-state index contributed by atoms with van der Waals surface area (Å²) in [7, 11) is 2.00. The molecule has 0 bridgehead atoms. The summed E-state index contributed by atoms with van der Waals surface area (Å²) >= 11 is 6.80. The van der Waals surface area contributed by atoms with E-state index in [0.29, 0.717) is 15.8 Å². The SMILES string of the molecule is CCOc1ccc(N2C(=O)/C(=C/c3cn(C)c4ccccc34)SC2=S)cc1. The highest BCUT2D eigenvalue weighted by molar-refractivity contribution is 8.27. The van der Waals surface area contributed by atoms with Crippen LogP contribution in [0, 0.1) is 0 Å². The molecule has 4 nitrogen and oxygen atoms in total. The van der Waals surface area contributed by atoms with Gasteiger partial charge in [0, 0.05) is 29.7 Å². The van der Waals surface area contributed by atoms with E-state index < -0.39 is 0 Å². The van der Waals surface area contributed by atoms with E-state index in [-0.39, 0.29) is 5.91 Å². The highest BCUT2D eigenvalue weighted by Crippen LogP contribution is 2.37. The van der Waals surface area contributed by atoms with Crippen molar-refractivity contribution < 1.29 is 9.53 Å². The summed E-state index contributed by atoms with van der Waals surface area (Å²) in [6, 6.07) is 15.6. The fourth-order valence-corrected chi connectivity index (χ4v) is 4.47. The summed E-state index contributed by atoms with van der Waals surface area (Å²) < 4.78 is 8.07. The average Bonchev–Trinajstić information content (AvgIpc) is 3.13. The minimum atomic E-state index is -0.0953. The third-order valence-corrected chi connectivity index (χ3v) is 5.72. The minimum Gasteiger partial charge on any atom is -0.494 e. The highest BCUT2D eigenvalue weighted by atomic mass is 32.2. The van der Waals surface area contributed by atoms with Crippen LogP contribution in [0.1, 0.15) is 12.5 Å². The number of fused-ring (bicyclic) bond motifs is 1.